The minimum absolute atomic E-state index is 0.402. The molecule has 0 aromatic heterocycles. The minimum Gasteiger partial charge on any atom is -0.423 e. The molecular formula is C20H13F3O2. The summed E-state index contributed by atoms with van der Waals surface area (Å²) < 4.78 is 43.0. The monoisotopic (exact) mass is 342 g/mol. The number of hydrogen-bond acceptors (Lipinski definition) is 2. The van der Waals surface area contributed by atoms with E-state index < -0.39 is 17.7 Å². The molecule has 0 unspecified atom stereocenters. The van der Waals surface area contributed by atoms with Crippen molar-refractivity contribution in [2.24, 2.45) is 0 Å². The second-order valence-corrected chi connectivity index (χ2v) is 5.42. The molecule has 0 radical (unpaired) electrons. The van der Waals surface area contributed by atoms with Crippen molar-refractivity contribution in [2.45, 2.75) is 6.18 Å². The van der Waals surface area contributed by atoms with Crippen LogP contribution in [0.2, 0.25) is 0 Å². The van der Waals surface area contributed by atoms with Gasteiger partial charge in [-0.1, -0.05) is 36.9 Å². The first-order valence-electron chi connectivity index (χ1n) is 7.42. The number of ether oxygens (including phenoxy) is 1. The third-order valence-corrected chi connectivity index (χ3v) is 3.74. The number of carbonyl (C=O) groups excluding carboxylic acids is 1. The van der Waals surface area contributed by atoms with Crippen molar-refractivity contribution in [3.8, 4) is 16.9 Å². The second kappa shape index (κ2) is 6.43. The van der Waals surface area contributed by atoms with Gasteiger partial charge >= 0.3 is 12.1 Å². The van der Waals surface area contributed by atoms with Crippen LogP contribution in [0.25, 0.3) is 21.9 Å². The molecule has 0 atom stereocenters. The summed E-state index contributed by atoms with van der Waals surface area (Å²) in [7, 11) is 0. The Hall–Kier alpha value is -3.08. The third kappa shape index (κ3) is 3.71. The summed E-state index contributed by atoms with van der Waals surface area (Å²) in [6.45, 7) is 3.34. The number of fused-ring (bicyclic) bond motifs is 1. The Morgan fingerprint density at radius 2 is 1.48 bits per heavy atom. The van der Waals surface area contributed by atoms with E-state index >= 15 is 0 Å². The highest BCUT2D eigenvalue weighted by Gasteiger charge is 2.29. The van der Waals surface area contributed by atoms with Gasteiger partial charge in [-0.3, -0.25) is 0 Å². The maximum absolute atomic E-state index is 12.6. The summed E-state index contributed by atoms with van der Waals surface area (Å²) in [5, 5.41) is 1.74. The quantitative estimate of drug-likeness (QED) is 0.351. The predicted octanol–water partition coefficient (Wildman–Crippen LogP) is 5.62. The van der Waals surface area contributed by atoms with Crippen LogP contribution in [0.15, 0.2) is 73.3 Å². The molecule has 2 nitrogen and oxygen atoms in total. The Kier molecular flexibility index (Phi) is 4.31. The lowest BCUT2D eigenvalue weighted by molar-refractivity contribution is -0.137. The molecule has 3 rings (SSSR count). The van der Waals surface area contributed by atoms with Gasteiger partial charge in [-0.15, -0.1) is 0 Å². The lowest BCUT2D eigenvalue weighted by Crippen LogP contribution is -2.03. The van der Waals surface area contributed by atoms with E-state index in [2.05, 4.69) is 6.58 Å². The van der Waals surface area contributed by atoms with Crippen molar-refractivity contribution in [3.05, 3.63) is 78.9 Å². The molecule has 0 N–H and O–H groups in total. The maximum atomic E-state index is 12.6. The standard InChI is InChI=1S/C20H13F3O2/c1-2-19(24)25-18-10-7-15-11-14(3-4-16(15)12-18)13-5-8-17(9-6-13)20(21,22)23/h2-12H,1H2. The van der Waals surface area contributed by atoms with E-state index in [0.29, 0.717) is 11.3 Å². The van der Waals surface area contributed by atoms with E-state index in [1.807, 2.05) is 18.2 Å². The molecule has 25 heavy (non-hydrogen) atoms. The molecule has 0 amide bonds. The molecule has 0 saturated carbocycles. The molecule has 0 fully saturated rings. The fourth-order valence-electron chi connectivity index (χ4n) is 2.48. The van der Waals surface area contributed by atoms with Crippen molar-refractivity contribution in [1.82, 2.24) is 0 Å². The van der Waals surface area contributed by atoms with E-state index in [-0.39, 0.29) is 0 Å². The van der Waals surface area contributed by atoms with Crippen LogP contribution in [0.1, 0.15) is 5.56 Å². The van der Waals surface area contributed by atoms with Crippen molar-refractivity contribution in [2.75, 3.05) is 0 Å². The minimum atomic E-state index is -4.35. The summed E-state index contributed by atoms with van der Waals surface area (Å²) >= 11 is 0. The van der Waals surface area contributed by atoms with Gasteiger partial charge in [-0.25, -0.2) is 4.79 Å². The van der Waals surface area contributed by atoms with Gasteiger partial charge in [0.25, 0.3) is 0 Å². The number of rotatable bonds is 3. The fourth-order valence-corrected chi connectivity index (χ4v) is 2.48. The zero-order chi connectivity index (χ0) is 18.0. The van der Waals surface area contributed by atoms with Gasteiger partial charge in [0, 0.05) is 6.08 Å². The van der Waals surface area contributed by atoms with Crippen LogP contribution in [0.5, 0.6) is 5.75 Å². The summed E-state index contributed by atoms with van der Waals surface area (Å²) in [6, 6.07) is 15.7. The average Bonchev–Trinajstić information content (AvgIpc) is 2.60. The molecular weight excluding hydrogens is 329 g/mol. The summed E-state index contributed by atoms with van der Waals surface area (Å²) in [4.78, 5) is 11.2. The highest BCUT2D eigenvalue weighted by Crippen LogP contribution is 2.32. The zero-order valence-electron chi connectivity index (χ0n) is 13.0. The Balaban J connectivity index is 1.92. The van der Waals surface area contributed by atoms with Crippen molar-refractivity contribution in [1.29, 1.82) is 0 Å². The van der Waals surface area contributed by atoms with Crippen molar-refractivity contribution in [3.63, 3.8) is 0 Å². The van der Waals surface area contributed by atoms with Crippen LogP contribution in [-0.2, 0) is 11.0 Å². The van der Waals surface area contributed by atoms with Crippen molar-refractivity contribution < 1.29 is 22.7 Å². The Morgan fingerprint density at radius 1 is 0.880 bits per heavy atom. The van der Waals surface area contributed by atoms with Gasteiger partial charge in [-0.2, -0.15) is 13.2 Å². The lowest BCUT2D eigenvalue weighted by Gasteiger charge is -2.09. The molecule has 0 heterocycles. The zero-order valence-corrected chi connectivity index (χ0v) is 13.0. The van der Waals surface area contributed by atoms with E-state index in [1.54, 1.807) is 18.2 Å². The molecule has 0 bridgehead atoms. The second-order valence-electron chi connectivity index (χ2n) is 5.42. The average molecular weight is 342 g/mol. The highest BCUT2D eigenvalue weighted by molar-refractivity contribution is 5.89. The first-order valence-corrected chi connectivity index (χ1v) is 7.42. The molecule has 0 aliphatic carbocycles. The molecule has 0 aliphatic rings. The molecule has 3 aromatic carbocycles. The molecule has 126 valence electrons. The largest absolute Gasteiger partial charge is 0.423 e. The normalized spacial score (nSPS) is 11.3. The number of alkyl halides is 3. The van der Waals surface area contributed by atoms with E-state index in [4.69, 9.17) is 4.74 Å². The van der Waals surface area contributed by atoms with Crippen LogP contribution in [0.4, 0.5) is 13.2 Å². The lowest BCUT2D eigenvalue weighted by atomic mass is 10.00. The summed E-state index contributed by atoms with van der Waals surface area (Å²) in [5.41, 5.74) is 0.819. The fraction of sp³-hybridized carbons (Fsp3) is 0.0500. The van der Waals surface area contributed by atoms with Crippen LogP contribution >= 0.6 is 0 Å². The smallest absolute Gasteiger partial charge is 0.416 e. The number of esters is 1. The van der Waals surface area contributed by atoms with Crippen molar-refractivity contribution >= 4 is 16.7 Å². The van der Waals surface area contributed by atoms with Crippen LogP contribution in [-0.4, -0.2) is 5.97 Å². The first kappa shape index (κ1) is 16.8. The van der Waals surface area contributed by atoms with Gasteiger partial charge in [0.1, 0.15) is 5.75 Å². The number of hydrogen-bond donors (Lipinski definition) is 0. The third-order valence-electron chi connectivity index (χ3n) is 3.74. The number of halogens is 3. The van der Waals surface area contributed by atoms with Gasteiger partial charge in [0.15, 0.2) is 0 Å². The van der Waals surface area contributed by atoms with Gasteiger partial charge in [0.05, 0.1) is 5.56 Å². The molecule has 0 aliphatic heterocycles. The predicted molar refractivity (Wildman–Crippen MR) is 90.2 cm³/mol. The topological polar surface area (TPSA) is 26.3 Å². The van der Waals surface area contributed by atoms with Crippen LogP contribution in [0, 0.1) is 0 Å². The van der Waals surface area contributed by atoms with Gasteiger partial charge < -0.3 is 4.74 Å². The summed E-state index contributed by atoms with van der Waals surface area (Å²) in [6.07, 6.45) is -3.26. The van der Waals surface area contributed by atoms with Gasteiger partial charge in [-0.05, 0) is 52.2 Å². The molecule has 3 aromatic rings. The van der Waals surface area contributed by atoms with E-state index in [1.165, 1.54) is 12.1 Å². The van der Waals surface area contributed by atoms with E-state index in [9.17, 15) is 18.0 Å². The Bertz CT molecular complexity index is 941. The van der Waals surface area contributed by atoms with Crippen LogP contribution in [0.3, 0.4) is 0 Å². The van der Waals surface area contributed by atoms with Crippen LogP contribution < -0.4 is 4.74 Å². The van der Waals surface area contributed by atoms with E-state index in [0.717, 1.165) is 34.5 Å². The van der Waals surface area contributed by atoms with Gasteiger partial charge in [0.2, 0.25) is 0 Å². The molecule has 0 spiro atoms. The molecule has 5 heteroatoms. The Morgan fingerprint density at radius 3 is 2.12 bits per heavy atom. The Labute approximate surface area is 142 Å². The summed E-state index contributed by atoms with van der Waals surface area (Å²) in [5.74, 6) is -0.139. The first-order chi connectivity index (χ1) is 11.9. The SMILES string of the molecule is C=CC(=O)Oc1ccc2cc(-c3ccc(C(F)(F)F)cc3)ccc2c1. The number of carbonyl (C=O) groups is 1. The highest BCUT2D eigenvalue weighted by atomic mass is 19.4. The maximum Gasteiger partial charge on any atom is 0.416 e. The molecule has 0 saturated heterocycles. The number of benzene rings is 3.